The van der Waals surface area contributed by atoms with Gasteiger partial charge in [-0.05, 0) is 40.8 Å². The molecular weight excluding hydrogens is 357 g/mol. The Bertz CT molecular complexity index is 629. The van der Waals surface area contributed by atoms with Crippen LogP contribution in [-0.4, -0.2) is 25.8 Å². The van der Waals surface area contributed by atoms with Gasteiger partial charge in [0.25, 0.3) is 5.82 Å². The molecule has 0 atom stereocenters. The van der Waals surface area contributed by atoms with E-state index < -0.39 is 5.97 Å². The molecule has 0 saturated carbocycles. The zero-order valence-corrected chi connectivity index (χ0v) is 13.0. The monoisotopic (exact) mass is 371 g/mol. The fraction of sp³-hybridized carbons (Fsp3) is 0.308. The first kappa shape index (κ1) is 14.0. The van der Waals surface area contributed by atoms with Gasteiger partial charge in [0.05, 0.1) is 5.69 Å². The second-order valence-corrected chi connectivity index (χ2v) is 6.45. The number of hydrogen-bond donors (Lipinski definition) is 1. The van der Waals surface area contributed by atoms with Crippen molar-refractivity contribution in [2.45, 2.75) is 26.2 Å². The summed E-state index contributed by atoms with van der Waals surface area (Å²) in [5.41, 5.74) is 0.527. The summed E-state index contributed by atoms with van der Waals surface area (Å²) in [4.78, 5) is 15.2. The third kappa shape index (κ3) is 2.94. The van der Waals surface area contributed by atoms with Gasteiger partial charge in [0.15, 0.2) is 0 Å². The van der Waals surface area contributed by atoms with Crippen LogP contribution >= 0.6 is 22.6 Å². The average Bonchev–Trinajstić information content (AvgIpc) is 2.73. The molecule has 0 saturated heterocycles. The van der Waals surface area contributed by atoms with E-state index in [1.807, 2.05) is 45.0 Å². The van der Waals surface area contributed by atoms with Gasteiger partial charge in [-0.2, -0.15) is 0 Å². The highest BCUT2D eigenvalue weighted by molar-refractivity contribution is 14.1. The van der Waals surface area contributed by atoms with Gasteiger partial charge in [-0.25, -0.2) is 14.5 Å². The molecule has 2 aromatic rings. The summed E-state index contributed by atoms with van der Waals surface area (Å²) in [6.07, 6.45) is 0. The van der Waals surface area contributed by atoms with Crippen LogP contribution in [-0.2, 0) is 5.41 Å². The maximum Gasteiger partial charge on any atom is 0.375 e. The van der Waals surface area contributed by atoms with Crippen molar-refractivity contribution in [1.82, 2.24) is 14.8 Å². The van der Waals surface area contributed by atoms with Gasteiger partial charge in [-0.15, -0.1) is 5.10 Å². The predicted octanol–water partition coefficient (Wildman–Crippen LogP) is 2.87. The van der Waals surface area contributed by atoms with Gasteiger partial charge in [0, 0.05) is 8.99 Å². The molecule has 0 spiro atoms. The van der Waals surface area contributed by atoms with E-state index in [0.717, 1.165) is 9.26 Å². The van der Waals surface area contributed by atoms with Crippen molar-refractivity contribution in [3.05, 3.63) is 39.5 Å². The van der Waals surface area contributed by atoms with E-state index in [4.69, 9.17) is 5.11 Å². The SMILES string of the molecule is CC(C)(C)c1nc(C(=O)O)nn1-c1cccc(I)c1. The van der Waals surface area contributed by atoms with Crippen molar-refractivity contribution < 1.29 is 9.90 Å². The molecule has 0 aliphatic heterocycles. The van der Waals surface area contributed by atoms with Crippen LogP contribution in [0, 0.1) is 3.57 Å². The molecule has 0 fully saturated rings. The van der Waals surface area contributed by atoms with Crippen molar-refractivity contribution in [3.63, 3.8) is 0 Å². The molecule has 0 aliphatic rings. The number of carboxylic acid groups (broad SMARTS) is 1. The minimum Gasteiger partial charge on any atom is -0.475 e. The van der Waals surface area contributed by atoms with Crippen molar-refractivity contribution in [3.8, 4) is 5.69 Å². The van der Waals surface area contributed by atoms with E-state index in [1.165, 1.54) is 0 Å². The molecule has 1 aromatic carbocycles. The molecule has 5 nitrogen and oxygen atoms in total. The van der Waals surface area contributed by atoms with Crippen LogP contribution in [0.3, 0.4) is 0 Å². The fourth-order valence-electron chi connectivity index (χ4n) is 1.68. The molecular formula is C13H14IN3O2. The van der Waals surface area contributed by atoms with Crippen LogP contribution in [0.5, 0.6) is 0 Å². The van der Waals surface area contributed by atoms with Crippen LogP contribution < -0.4 is 0 Å². The van der Waals surface area contributed by atoms with E-state index in [9.17, 15) is 4.79 Å². The first-order chi connectivity index (χ1) is 8.79. The quantitative estimate of drug-likeness (QED) is 0.825. The molecule has 1 N–H and O–H groups in total. The largest absolute Gasteiger partial charge is 0.475 e. The van der Waals surface area contributed by atoms with Crippen molar-refractivity contribution in [1.29, 1.82) is 0 Å². The maximum atomic E-state index is 11.1. The van der Waals surface area contributed by atoms with Crippen LogP contribution in [0.25, 0.3) is 5.69 Å². The number of hydrogen-bond acceptors (Lipinski definition) is 3. The van der Waals surface area contributed by atoms with Gasteiger partial charge in [-0.1, -0.05) is 26.8 Å². The van der Waals surface area contributed by atoms with E-state index >= 15 is 0 Å². The third-order valence-electron chi connectivity index (χ3n) is 2.52. The van der Waals surface area contributed by atoms with Crippen LogP contribution in [0.4, 0.5) is 0 Å². The summed E-state index contributed by atoms with van der Waals surface area (Å²) in [6, 6.07) is 7.70. The number of aromatic nitrogens is 3. The lowest BCUT2D eigenvalue weighted by Gasteiger charge is -2.18. The smallest absolute Gasteiger partial charge is 0.375 e. The van der Waals surface area contributed by atoms with E-state index in [-0.39, 0.29) is 11.2 Å². The average molecular weight is 371 g/mol. The molecule has 0 amide bonds. The van der Waals surface area contributed by atoms with Gasteiger partial charge in [-0.3, -0.25) is 0 Å². The number of benzene rings is 1. The van der Waals surface area contributed by atoms with Gasteiger partial charge in [0.2, 0.25) is 0 Å². The first-order valence-corrected chi connectivity index (χ1v) is 6.83. The Morgan fingerprint density at radius 3 is 2.58 bits per heavy atom. The predicted molar refractivity (Wildman–Crippen MR) is 79.7 cm³/mol. The Labute approximate surface area is 124 Å². The summed E-state index contributed by atoms with van der Waals surface area (Å²) in [7, 11) is 0. The Kier molecular flexibility index (Phi) is 3.62. The molecule has 1 aromatic heterocycles. The van der Waals surface area contributed by atoms with Crippen molar-refractivity contribution in [2.24, 2.45) is 0 Å². The maximum absolute atomic E-state index is 11.1. The highest BCUT2D eigenvalue weighted by Crippen LogP contribution is 2.24. The Hall–Kier alpha value is -1.44. The summed E-state index contributed by atoms with van der Waals surface area (Å²) >= 11 is 2.21. The number of carboxylic acids is 1. The zero-order valence-electron chi connectivity index (χ0n) is 10.9. The highest BCUT2D eigenvalue weighted by atomic mass is 127. The van der Waals surface area contributed by atoms with Crippen LogP contribution in [0.1, 0.15) is 37.2 Å². The normalized spacial score (nSPS) is 11.6. The first-order valence-electron chi connectivity index (χ1n) is 5.76. The van der Waals surface area contributed by atoms with Crippen LogP contribution in [0.15, 0.2) is 24.3 Å². The highest BCUT2D eigenvalue weighted by Gasteiger charge is 2.25. The molecule has 0 unspecified atom stereocenters. The van der Waals surface area contributed by atoms with Gasteiger partial charge < -0.3 is 5.11 Å². The molecule has 2 rings (SSSR count). The summed E-state index contributed by atoms with van der Waals surface area (Å²) < 4.78 is 2.66. The van der Waals surface area contributed by atoms with Gasteiger partial charge >= 0.3 is 5.97 Å². The molecule has 19 heavy (non-hydrogen) atoms. The lowest BCUT2D eigenvalue weighted by Crippen LogP contribution is -2.18. The Balaban J connectivity index is 2.64. The van der Waals surface area contributed by atoms with Crippen molar-refractivity contribution in [2.75, 3.05) is 0 Å². The minimum absolute atomic E-state index is 0.177. The van der Waals surface area contributed by atoms with Crippen LogP contribution in [0.2, 0.25) is 0 Å². The molecule has 1 heterocycles. The minimum atomic E-state index is -1.12. The molecule has 0 aliphatic carbocycles. The number of carbonyl (C=O) groups is 1. The Morgan fingerprint density at radius 2 is 2.05 bits per heavy atom. The van der Waals surface area contributed by atoms with Gasteiger partial charge in [0.1, 0.15) is 5.82 Å². The lowest BCUT2D eigenvalue weighted by molar-refractivity contribution is 0.0683. The fourth-order valence-corrected chi connectivity index (χ4v) is 2.20. The van der Waals surface area contributed by atoms with E-state index in [0.29, 0.717) is 5.82 Å². The summed E-state index contributed by atoms with van der Waals surface area (Å²) in [5, 5.41) is 13.1. The van der Waals surface area contributed by atoms with Crippen molar-refractivity contribution >= 4 is 28.6 Å². The molecule has 0 bridgehead atoms. The number of halogens is 1. The third-order valence-corrected chi connectivity index (χ3v) is 3.19. The lowest BCUT2D eigenvalue weighted by atomic mass is 9.95. The molecule has 0 radical (unpaired) electrons. The zero-order chi connectivity index (χ0) is 14.2. The summed E-state index contributed by atoms with van der Waals surface area (Å²) in [6.45, 7) is 5.94. The van der Waals surface area contributed by atoms with E-state index in [2.05, 4.69) is 32.7 Å². The standard InChI is InChI=1S/C13H14IN3O2/c1-13(2,3)12-15-10(11(18)19)16-17(12)9-6-4-5-8(14)7-9/h4-7H,1-3H3,(H,18,19). The summed E-state index contributed by atoms with van der Waals surface area (Å²) in [5.74, 6) is -0.662. The molecule has 6 heteroatoms. The number of aromatic carboxylic acids is 1. The topological polar surface area (TPSA) is 68.0 Å². The number of rotatable bonds is 2. The second-order valence-electron chi connectivity index (χ2n) is 5.21. The van der Waals surface area contributed by atoms with E-state index in [1.54, 1.807) is 4.68 Å². The second kappa shape index (κ2) is 4.92. The molecule has 100 valence electrons. The number of nitrogens with zero attached hydrogens (tertiary/aromatic N) is 3. The Morgan fingerprint density at radius 1 is 1.37 bits per heavy atom.